The van der Waals surface area contributed by atoms with Gasteiger partial charge in [0.2, 0.25) is 0 Å². The Labute approximate surface area is 122 Å². The van der Waals surface area contributed by atoms with Crippen LogP contribution in [0.5, 0.6) is 0 Å². The van der Waals surface area contributed by atoms with E-state index >= 15 is 0 Å². The molecule has 0 aliphatic heterocycles. The van der Waals surface area contributed by atoms with Crippen LogP contribution in [-0.2, 0) is 27.2 Å². The van der Waals surface area contributed by atoms with E-state index in [0.717, 1.165) is 12.8 Å². The highest BCUT2D eigenvalue weighted by atomic mass is 16.5. The van der Waals surface area contributed by atoms with Crippen molar-refractivity contribution in [2.45, 2.75) is 44.2 Å². The number of rotatable bonds is 5. The predicted octanol–water partition coefficient (Wildman–Crippen LogP) is 0.0853. The van der Waals surface area contributed by atoms with Gasteiger partial charge >= 0.3 is 11.9 Å². The van der Waals surface area contributed by atoms with Gasteiger partial charge in [0.15, 0.2) is 5.69 Å². The fourth-order valence-corrected chi connectivity index (χ4v) is 2.57. The maximum Gasteiger partial charge on any atom is 0.360 e. The molecule has 2 rings (SSSR count). The average Bonchev–Trinajstić information content (AvgIpc) is 3.06. The van der Waals surface area contributed by atoms with Crippen molar-refractivity contribution in [2.75, 3.05) is 14.2 Å². The summed E-state index contributed by atoms with van der Waals surface area (Å²) < 4.78 is 10.6. The molecule has 0 bridgehead atoms. The fraction of sp³-hybridized carbons (Fsp3) is 0.692. The molecule has 8 heteroatoms. The molecule has 1 aliphatic rings. The predicted molar refractivity (Wildman–Crippen MR) is 70.5 cm³/mol. The lowest BCUT2D eigenvalue weighted by Crippen LogP contribution is -2.32. The standard InChI is InChI=1S/C13H19N3O5/c1-20-10(17)7-9-11(12(18)21-2)14-15-16(9)8-13(19)5-3-4-6-13/h19H,3-8H2,1-2H3. The van der Waals surface area contributed by atoms with E-state index in [0.29, 0.717) is 18.5 Å². The number of ether oxygens (including phenoxy) is 2. The van der Waals surface area contributed by atoms with Crippen LogP contribution in [0.2, 0.25) is 0 Å². The third-order valence-electron chi connectivity index (χ3n) is 3.73. The van der Waals surface area contributed by atoms with E-state index in [4.69, 9.17) is 0 Å². The second kappa shape index (κ2) is 6.21. The molecule has 0 amide bonds. The van der Waals surface area contributed by atoms with Gasteiger partial charge in [-0.15, -0.1) is 5.10 Å². The van der Waals surface area contributed by atoms with Crippen LogP contribution in [0.25, 0.3) is 0 Å². The van der Waals surface area contributed by atoms with E-state index in [2.05, 4.69) is 19.8 Å². The van der Waals surface area contributed by atoms with Gasteiger partial charge in [-0.3, -0.25) is 4.79 Å². The van der Waals surface area contributed by atoms with Gasteiger partial charge < -0.3 is 14.6 Å². The number of nitrogens with zero attached hydrogens (tertiary/aromatic N) is 3. The topological polar surface area (TPSA) is 104 Å². The summed E-state index contributed by atoms with van der Waals surface area (Å²) in [4.78, 5) is 23.2. The Morgan fingerprint density at radius 3 is 2.52 bits per heavy atom. The van der Waals surface area contributed by atoms with Crippen molar-refractivity contribution in [1.29, 1.82) is 0 Å². The minimum atomic E-state index is -0.869. The summed E-state index contributed by atoms with van der Waals surface area (Å²) in [5.41, 5.74) is -0.593. The fourth-order valence-electron chi connectivity index (χ4n) is 2.57. The van der Waals surface area contributed by atoms with Crippen molar-refractivity contribution in [1.82, 2.24) is 15.0 Å². The van der Waals surface area contributed by atoms with Crippen LogP contribution in [0.4, 0.5) is 0 Å². The van der Waals surface area contributed by atoms with Crippen LogP contribution >= 0.6 is 0 Å². The highest BCUT2D eigenvalue weighted by molar-refractivity contribution is 5.89. The van der Waals surface area contributed by atoms with E-state index in [-0.39, 0.29) is 18.7 Å². The summed E-state index contributed by atoms with van der Waals surface area (Å²) in [5.74, 6) is -1.18. The van der Waals surface area contributed by atoms with E-state index in [1.54, 1.807) is 0 Å². The summed E-state index contributed by atoms with van der Waals surface area (Å²) in [7, 11) is 2.49. The first-order chi connectivity index (χ1) is 9.99. The maximum absolute atomic E-state index is 11.7. The van der Waals surface area contributed by atoms with Gasteiger partial charge in [0.25, 0.3) is 0 Å². The molecular formula is C13H19N3O5. The van der Waals surface area contributed by atoms with Gasteiger partial charge in [-0.1, -0.05) is 18.1 Å². The number of aliphatic hydroxyl groups is 1. The monoisotopic (exact) mass is 297 g/mol. The first kappa shape index (κ1) is 15.4. The third kappa shape index (κ3) is 3.38. The van der Waals surface area contributed by atoms with Gasteiger partial charge in [0.05, 0.1) is 38.5 Å². The molecule has 1 fully saturated rings. The van der Waals surface area contributed by atoms with Gasteiger partial charge in [0, 0.05) is 0 Å². The molecule has 1 aliphatic carbocycles. The zero-order valence-corrected chi connectivity index (χ0v) is 12.2. The average molecular weight is 297 g/mol. The van der Waals surface area contributed by atoms with Crippen molar-refractivity contribution in [3.05, 3.63) is 11.4 Å². The molecule has 0 spiro atoms. The minimum Gasteiger partial charge on any atom is -0.469 e. The molecule has 1 N–H and O–H groups in total. The number of carbonyl (C=O) groups excluding carboxylic acids is 2. The van der Waals surface area contributed by atoms with Gasteiger partial charge in [-0.25, -0.2) is 9.48 Å². The normalized spacial score (nSPS) is 16.7. The SMILES string of the molecule is COC(=O)Cc1c(C(=O)OC)nnn1CC1(O)CCCC1. The molecule has 1 aromatic rings. The summed E-state index contributed by atoms with van der Waals surface area (Å²) in [5, 5.41) is 18.1. The molecule has 0 radical (unpaired) electrons. The number of aromatic nitrogens is 3. The van der Waals surface area contributed by atoms with Gasteiger partial charge in [-0.2, -0.15) is 0 Å². The molecule has 1 saturated carbocycles. The van der Waals surface area contributed by atoms with Crippen molar-refractivity contribution < 1.29 is 24.2 Å². The van der Waals surface area contributed by atoms with Crippen molar-refractivity contribution in [3.63, 3.8) is 0 Å². The summed E-state index contributed by atoms with van der Waals surface area (Å²) in [6, 6.07) is 0. The minimum absolute atomic E-state index is 0.0236. The van der Waals surface area contributed by atoms with Crippen LogP contribution in [0, 0.1) is 0 Å². The molecule has 116 valence electrons. The molecule has 8 nitrogen and oxygen atoms in total. The highest BCUT2D eigenvalue weighted by Crippen LogP contribution is 2.31. The Balaban J connectivity index is 2.29. The molecule has 0 aromatic carbocycles. The van der Waals surface area contributed by atoms with Crippen LogP contribution in [0.1, 0.15) is 41.9 Å². The van der Waals surface area contributed by atoms with Crippen LogP contribution in [0.15, 0.2) is 0 Å². The summed E-state index contributed by atoms with van der Waals surface area (Å²) in [6.07, 6.45) is 3.07. The zero-order valence-electron chi connectivity index (χ0n) is 12.2. The second-order valence-corrected chi connectivity index (χ2v) is 5.22. The lowest BCUT2D eigenvalue weighted by atomic mass is 10.0. The number of hydrogen-bond acceptors (Lipinski definition) is 7. The maximum atomic E-state index is 11.7. The molecule has 0 unspecified atom stereocenters. The molecule has 21 heavy (non-hydrogen) atoms. The smallest absolute Gasteiger partial charge is 0.360 e. The van der Waals surface area contributed by atoms with Crippen molar-refractivity contribution in [2.24, 2.45) is 0 Å². The highest BCUT2D eigenvalue weighted by Gasteiger charge is 2.34. The van der Waals surface area contributed by atoms with Gasteiger partial charge in [-0.05, 0) is 12.8 Å². The first-order valence-corrected chi connectivity index (χ1v) is 6.79. The van der Waals surface area contributed by atoms with E-state index in [9.17, 15) is 14.7 Å². The second-order valence-electron chi connectivity index (χ2n) is 5.22. The van der Waals surface area contributed by atoms with E-state index < -0.39 is 17.5 Å². The Morgan fingerprint density at radius 2 is 1.95 bits per heavy atom. The molecular weight excluding hydrogens is 278 g/mol. The molecule has 1 aromatic heterocycles. The van der Waals surface area contributed by atoms with E-state index in [1.807, 2.05) is 0 Å². The Hall–Kier alpha value is -1.96. The lowest BCUT2D eigenvalue weighted by molar-refractivity contribution is -0.139. The molecule has 1 heterocycles. The van der Waals surface area contributed by atoms with Gasteiger partial charge in [0.1, 0.15) is 0 Å². The quantitative estimate of drug-likeness (QED) is 0.768. The number of carbonyl (C=O) groups is 2. The van der Waals surface area contributed by atoms with E-state index in [1.165, 1.54) is 18.9 Å². The summed E-state index contributed by atoms with van der Waals surface area (Å²) in [6.45, 7) is 0.198. The summed E-state index contributed by atoms with van der Waals surface area (Å²) >= 11 is 0. The zero-order chi connectivity index (χ0) is 15.5. The van der Waals surface area contributed by atoms with Crippen LogP contribution in [-0.4, -0.2) is 51.9 Å². The largest absolute Gasteiger partial charge is 0.469 e. The first-order valence-electron chi connectivity index (χ1n) is 6.79. The Bertz CT molecular complexity index is 534. The van der Waals surface area contributed by atoms with Crippen LogP contribution in [0.3, 0.4) is 0 Å². The van der Waals surface area contributed by atoms with Crippen molar-refractivity contribution >= 4 is 11.9 Å². The number of hydrogen-bond donors (Lipinski definition) is 1. The lowest BCUT2D eigenvalue weighted by Gasteiger charge is -2.22. The number of methoxy groups -OCH3 is 2. The third-order valence-corrected chi connectivity index (χ3v) is 3.73. The molecule has 0 saturated heterocycles. The van der Waals surface area contributed by atoms with Crippen molar-refractivity contribution in [3.8, 4) is 0 Å². The van der Waals surface area contributed by atoms with Crippen LogP contribution < -0.4 is 0 Å². The molecule has 0 atom stereocenters. The number of esters is 2. The Morgan fingerprint density at radius 1 is 1.29 bits per heavy atom. The Kier molecular flexibility index (Phi) is 4.56.